The molecule has 1 aromatic rings. The molecule has 1 aromatic heterocycles. The van der Waals surface area contributed by atoms with Crippen molar-refractivity contribution in [1.29, 1.82) is 0 Å². The molecule has 7 heteroatoms. The molecule has 152 valence electrons. The number of piperazine rings is 1. The van der Waals surface area contributed by atoms with E-state index in [9.17, 15) is 14.4 Å². The van der Waals surface area contributed by atoms with Crippen molar-refractivity contribution in [3.8, 4) is 0 Å². The van der Waals surface area contributed by atoms with Crippen LogP contribution in [0.15, 0.2) is 24.5 Å². The van der Waals surface area contributed by atoms with Crippen molar-refractivity contribution in [3.63, 3.8) is 0 Å². The molecule has 3 amide bonds. The Labute approximate surface area is 166 Å². The van der Waals surface area contributed by atoms with Crippen molar-refractivity contribution < 1.29 is 14.4 Å². The molecular formula is C21H30N4O3. The zero-order valence-corrected chi connectivity index (χ0v) is 16.4. The minimum atomic E-state index is -0.0796. The number of amides is 3. The van der Waals surface area contributed by atoms with Gasteiger partial charge in [-0.1, -0.05) is 6.07 Å². The Morgan fingerprint density at radius 2 is 2.04 bits per heavy atom. The first-order chi connectivity index (χ1) is 13.6. The van der Waals surface area contributed by atoms with Crippen LogP contribution in [0.25, 0.3) is 0 Å². The van der Waals surface area contributed by atoms with E-state index in [2.05, 4.69) is 21.7 Å². The Kier molecular flexibility index (Phi) is 7.39. The number of nitrogens with one attached hydrogen (secondary N) is 2. The van der Waals surface area contributed by atoms with E-state index in [1.54, 1.807) is 11.1 Å². The Morgan fingerprint density at radius 3 is 2.75 bits per heavy atom. The summed E-state index contributed by atoms with van der Waals surface area (Å²) in [4.78, 5) is 42.0. The van der Waals surface area contributed by atoms with Crippen molar-refractivity contribution in [1.82, 2.24) is 20.5 Å². The largest absolute Gasteiger partial charge is 0.353 e. The van der Waals surface area contributed by atoms with Crippen molar-refractivity contribution in [2.45, 2.75) is 57.4 Å². The van der Waals surface area contributed by atoms with Crippen LogP contribution in [0.1, 0.15) is 50.5 Å². The summed E-state index contributed by atoms with van der Waals surface area (Å²) in [5, 5.41) is 5.87. The van der Waals surface area contributed by atoms with Crippen molar-refractivity contribution >= 4 is 17.7 Å². The molecule has 0 unspecified atom stereocenters. The van der Waals surface area contributed by atoms with E-state index in [1.165, 1.54) is 5.56 Å². The number of aryl methyl sites for hydroxylation is 1. The van der Waals surface area contributed by atoms with Crippen LogP contribution < -0.4 is 10.6 Å². The van der Waals surface area contributed by atoms with E-state index in [0.29, 0.717) is 19.5 Å². The monoisotopic (exact) mass is 386 g/mol. The summed E-state index contributed by atoms with van der Waals surface area (Å²) in [7, 11) is 0. The van der Waals surface area contributed by atoms with Gasteiger partial charge in [0.1, 0.15) is 0 Å². The van der Waals surface area contributed by atoms with E-state index in [0.717, 1.165) is 44.9 Å². The van der Waals surface area contributed by atoms with E-state index in [1.807, 2.05) is 12.3 Å². The number of carbonyl (C=O) groups is 3. The van der Waals surface area contributed by atoms with Crippen molar-refractivity contribution in [2.24, 2.45) is 5.92 Å². The maximum atomic E-state index is 12.6. The summed E-state index contributed by atoms with van der Waals surface area (Å²) in [6.07, 6.45) is 10.2. The Bertz CT molecular complexity index is 671. The molecule has 1 aliphatic heterocycles. The van der Waals surface area contributed by atoms with Gasteiger partial charge in [0.2, 0.25) is 17.7 Å². The molecule has 0 atom stereocenters. The molecule has 1 saturated carbocycles. The lowest BCUT2D eigenvalue weighted by atomic mass is 9.85. The number of hydrogen-bond acceptors (Lipinski definition) is 4. The Hall–Kier alpha value is -2.44. The molecule has 0 bridgehead atoms. The Balaban J connectivity index is 1.31. The maximum absolute atomic E-state index is 12.6. The topological polar surface area (TPSA) is 91.4 Å². The fourth-order valence-electron chi connectivity index (χ4n) is 4.03. The normalized spacial score (nSPS) is 22.4. The van der Waals surface area contributed by atoms with Gasteiger partial charge in [0.25, 0.3) is 0 Å². The molecular weight excluding hydrogens is 356 g/mol. The summed E-state index contributed by atoms with van der Waals surface area (Å²) in [5.41, 5.74) is 1.21. The molecule has 1 saturated heterocycles. The van der Waals surface area contributed by atoms with Crippen molar-refractivity contribution in [2.75, 3.05) is 19.6 Å². The van der Waals surface area contributed by atoms with Crippen LogP contribution in [0.2, 0.25) is 0 Å². The SMILES string of the molecule is O=C1CN(C(=O)C2CCC(NC(=O)CCCCc3cccnc3)CC2)CCN1. The number of pyridine rings is 1. The second kappa shape index (κ2) is 10.2. The molecule has 3 rings (SSSR count). The summed E-state index contributed by atoms with van der Waals surface area (Å²) < 4.78 is 0. The smallest absolute Gasteiger partial charge is 0.239 e. The maximum Gasteiger partial charge on any atom is 0.239 e. The van der Waals surface area contributed by atoms with Gasteiger partial charge in [0, 0.05) is 43.9 Å². The number of unbranched alkanes of at least 4 members (excludes halogenated alkanes) is 1. The summed E-state index contributed by atoms with van der Waals surface area (Å²) in [6, 6.07) is 4.16. The van der Waals surface area contributed by atoms with Crippen molar-refractivity contribution in [3.05, 3.63) is 30.1 Å². The third-order valence-corrected chi connectivity index (χ3v) is 5.63. The van der Waals surface area contributed by atoms with Gasteiger partial charge < -0.3 is 15.5 Å². The molecule has 2 heterocycles. The third-order valence-electron chi connectivity index (χ3n) is 5.63. The van der Waals surface area contributed by atoms with Gasteiger partial charge in [-0.15, -0.1) is 0 Å². The van der Waals surface area contributed by atoms with Crippen LogP contribution in [0.5, 0.6) is 0 Å². The highest BCUT2D eigenvalue weighted by Crippen LogP contribution is 2.26. The van der Waals surface area contributed by atoms with Gasteiger partial charge in [-0.25, -0.2) is 0 Å². The van der Waals surface area contributed by atoms with Gasteiger partial charge in [-0.2, -0.15) is 0 Å². The summed E-state index contributed by atoms with van der Waals surface area (Å²) in [6.45, 7) is 1.31. The molecule has 0 radical (unpaired) electrons. The molecule has 1 aliphatic carbocycles. The minimum absolute atomic E-state index is 0.0152. The average Bonchev–Trinajstić information content (AvgIpc) is 2.72. The first kappa shape index (κ1) is 20.3. The second-order valence-corrected chi connectivity index (χ2v) is 7.79. The van der Waals surface area contributed by atoms with E-state index >= 15 is 0 Å². The van der Waals surface area contributed by atoms with Crippen LogP contribution in [0.3, 0.4) is 0 Å². The number of nitrogens with zero attached hydrogens (tertiary/aromatic N) is 2. The number of hydrogen-bond donors (Lipinski definition) is 2. The van der Waals surface area contributed by atoms with E-state index < -0.39 is 0 Å². The number of aromatic nitrogens is 1. The predicted molar refractivity (Wildman–Crippen MR) is 105 cm³/mol. The van der Waals surface area contributed by atoms with Gasteiger partial charge in [-0.05, 0) is 56.6 Å². The van der Waals surface area contributed by atoms with Crippen LogP contribution >= 0.6 is 0 Å². The fraction of sp³-hybridized carbons (Fsp3) is 0.619. The van der Waals surface area contributed by atoms with E-state index in [4.69, 9.17) is 0 Å². The minimum Gasteiger partial charge on any atom is -0.353 e. The highest BCUT2D eigenvalue weighted by Gasteiger charge is 2.31. The molecule has 2 fully saturated rings. The predicted octanol–water partition coefficient (Wildman–Crippen LogP) is 1.43. The van der Waals surface area contributed by atoms with Gasteiger partial charge >= 0.3 is 0 Å². The average molecular weight is 386 g/mol. The Morgan fingerprint density at radius 1 is 1.21 bits per heavy atom. The third kappa shape index (κ3) is 6.04. The lowest BCUT2D eigenvalue weighted by Gasteiger charge is -2.34. The molecule has 7 nitrogen and oxygen atoms in total. The van der Waals surface area contributed by atoms with Crippen LogP contribution in [-0.4, -0.2) is 53.3 Å². The fourth-order valence-corrected chi connectivity index (χ4v) is 4.03. The van der Waals surface area contributed by atoms with Crippen LogP contribution in [0, 0.1) is 5.92 Å². The van der Waals surface area contributed by atoms with E-state index in [-0.39, 0.29) is 36.2 Å². The highest BCUT2D eigenvalue weighted by atomic mass is 16.2. The first-order valence-corrected chi connectivity index (χ1v) is 10.4. The van der Waals surface area contributed by atoms with Gasteiger partial charge in [-0.3, -0.25) is 19.4 Å². The summed E-state index contributed by atoms with van der Waals surface area (Å²) in [5.74, 6) is 0.103. The molecule has 2 N–H and O–H groups in total. The zero-order chi connectivity index (χ0) is 19.8. The number of carbonyl (C=O) groups excluding carboxylic acids is 3. The molecule has 28 heavy (non-hydrogen) atoms. The summed E-state index contributed by atoms with van der Waals surface area (Å²) >= 11 is 0. The van der Waals surface area contributed by atoms with Crippen LogP contribution in [0.4, 0.5) is 0 Å². The lowest BCUT2D eigenvalue weighted by Crippen LogP contribution is -2.52. The zero-order valence-electron chi connectivity index (χ0n) is 16.4. The highest BCUT2D eigenvalue weighted by molar-refractivity contribution is 5.87. The second-order valence-electron chi connectivity index (χ2n) is 7.79. The molecule has 2 aliphatic rings. The van der Waals surface area contributed by atoms with Gasteiger partial charge in [0.15, 0.2) is 0 Å². The quantitative estimate of drug-likeness (QED) is 0.694. The molecule has 0 aromatic carbocycles. The standard InChI is InChI=1S/C21H30N4O3/c26-19(6-2-1-4-16-5-3-11-22-14-16)24-18-9-7-17(8-10-18)21(28)25-13-12-23-20(27)15-25/h3,5,11,14,17-18H,1-2,4,6-10,12-13,15H2,(H,23,27)(H,24,26). The lowest BCUT2D eigenvalue weighted by molar-refractivity contribution is -0.142. The molecule has 0 spiro atoms. The van der Waals surface area contributed by atoms with Crippen LogP contribution in [-0.2, 0) is 20.8 Å². The number of rotatable bonds is 7. The first-order valence-electron chi connectivity index (χ1n) is 10.4. The van der Waals surface area contributed by atoms with Gasteiger partial charge in [0.05, 0.1) is 6.54 Å².